The lowest BCUT2D eigenvalue weighted by Crippen LogP contribution is -2.26. The predicted molar refractivity (Wildman–Crippen MR) is 88.9 cm³/mol. The first-order valence-corrected chi connectivity index (χ1v) is 8.14. The van der Waals surface area contributed by atoms with Gasteiger partial charge < -0.3 is 10.6 Å². The molecule has 0 fully saturated rings. The van der Waals surface area contributed by atoms with Crippen molar-refractivity contribution < 1.29 is 9.59 Å². The number of nitriles is 1. The van der Waals surface area contributed by atoms with Gasteiger partial charge in [0.25, 0.3) is 5.91 Å². The van der Waals surface area contributed by atoms with Gasteiger partial charge in [0.05, 0.1) is 16.5 Å². The first-order valence-electron chi connectivity index (χ1n) is 7.26. The zero-order valence-electron chi connectivity index (χ0n) is 12.5. The fourth-order valence-electron chi connectivity index (χ4n) is 1.99. The molecule has 0 spiro atoms. The summed E-state index contributed by atoms with van der Waals surface area (Å²) in [5.74, 6) is -0.175. The third kappa shape index (κ3) is 5.57. The molecule has 6 heteroatoms. The van der Waals surface area contributed by atoms with Crippen LogP contribution in [0.3, 0.4) is 0 Å². The van der Waals surface area contributed by atoms with Crippen molar-refractivity contribution in [3.63, 3.8) is 0 Å². The van der Waals surface area contributed by atoms with Gasteiger partial charge >= 0.3 is 0 Å². The van der Waals surface area contributed by atoms with E-state index in [-0.39, 0.29) is 11.8 Å². The quantitative estimate of drug-likeness (QED) is 0.766. The van der Waals surface area contributed by atoms with Gasteiger partial charge in [-0.1, -0.05) is 18.2 Å². The van der Waals surface area contributed by atoms with Crippen molar-refractivity contribution in [1.82, 2.24) is 10.6 Å². The van der Waals surface area contributed by atoms with E-state index in [9.17, 15) is 9.59 Å². The van der Waals surface area contributed by atoms with Gasteiger partial charge in [-0.3, -0.25) is 9.59 Å². The number of nitrogens with one attached hydrogen (secondary N) is 2. The van der Waals surface area contributed by atoms with Gasteiger partial charge in [-0.2, -0.15) is 5.26 Å². The Kier molecular flexibility index (Phi) is 6.33. The van der Waals surface area contributed by atoms with Crippen LogP contribution in [0.15, 0.2) is 41.8 Å². The molecule has 5 nitrogen and oxygen atoms in total. The number of benzene rings is 1. The van der Waals surface area contributed by atoms with Crippen LogP contribution < -0.4 is 10.6 Å². The van der Waals surface area contributed by atoms with Crippen molar-refractivity contribution >= 4 is 23.2 Å². The van der Waals surface area contributed by atoms with E-state index in [0.717, 1.165) is 5.56 Å². The molecule has 0 aliphatic carbocycles. The Hall–Kier alpha value is -2.65. The molecule has 2 rings (SSSR count). The van der Waals surface area contributed by atoms with Crippen LogP contribution in [-0.4, -0.2) is 18.4 Å². The first-order chi connectivity index (χ1) is 11.2. The summed E-state index contributed by atoms with van der Waals surface area (Å²) in [6, 6.07) is 12.8. The standard InChI is InChI=1S/C17H17N3O2S/c18-11-13-4-1-5-14(10-13)12-20-16(21)7-2-8-19-17(22)15-6-3-9-23-15/h1,3-6,9-10H,2,7-8,12H2,(H,19,22)(H,20,21). The van der Waals surface area contributed by atoms with Gasteiger partial charge in [0.1, 0.15) is 0 Å². The average molecular weight is 327 g/mol. The number of hydrogen-bond acceptors (Lipinski definition) is 4. The molecule has 0 saturated carbocycles. The van der Waals surface area contributed by atoms with Crippen LogP contribution in [-0.2, 0) is 11.3 Å². The lowest BCUT2D eigenvalue weighted by atomic mass is 10.1. The maximum Gasteiger partial charge on any atom is 0.261 e. The van der Waals surface area contributed by atoms with E-state index in [1.165, 1.54) is 11.3 Å². The summed E-state index contributed by atoms with van der Waals surface area (Å²) in [6.45, 7) is 0.865. The topological polar surface area (TPSA) is 82.0 Å². The Morgan fingerprint density at radius 3 is 2.78 bits per heavy atom. The monoisotopic (exact) mass is 327 g/mol. The van der Waals surface area contributed by atoms with Crippen molar-refractivity contribution in [1.29, 1.82) is 5.26 Å². The fraction of sp³-hybridized carbons (Fsp3) is 0.235. The predicted octanol–water partition coefficient (Wildman–Crippen LogP) is 2.45. The Balaban J connectivity index is 1.63. The summed E-state index contributed by atoms with van der Waals surface area (Å²) in [5, 5.41) is 16.3. The second kappa shape index (κ2) is 8.71. The first kappa shape index (κ1) is 16.7. The van der Waals surface area contributed by atoms with Crippen molar-refractivity contribution in [2.24, 2.45) is 0 Å². The lowest BCUT2D eigenvalue weighted by Gasteiger charge is -2.06. The SMILES string of the molecule is N#Cc1cccc(CNC(=O)CCCNC(=O)c2cccs2)c1. The van der Waals surface area contributed by atoms with E-state index in [4.69, 9.17) is 5.26 Å². The number of rotatable bonds is 7. The van der Waals surface area contributed by atoms with E-state index in [2.05, 4.69) is 16.7 Å². The summed E-state index contributed by atoms with van der Waals surface area (Å²) >= 11 is 1.39. The van der Waals surface area contributed by atoms with E-state index in [1.54, 1.807) is 24.3 Å². The molecule has 0 aliphatic rings. The third-order valence-corrected chi connectivity index (χ3v) is 4.03. The minimum absolute atomic E-state index is 0.0715. The Bertz CT molecular complexity index is 705. The van der Waals surface area contributed by atoms with Crippen LogP contribution in [0.1, 0.15) is 33.6 Å². The van der Waals surface area contributed by atoms with Crippen molar-refractivity contribution in [3.8, 4) is 6.07 Å². The van der Waals surface area contributed by atoms with Crippen LogP contribution in [0.25, 0.3) is 0 Å². The molecular weight excluding hydrogens is 310 g/mol. The molecule has 1 heterocycles. The molecule has 0 bridgehead atoms. The highest BCUT2D eigenvalue weighted by molar-refractivity contribution is 7.12. The summed E-state index contributed by atoms with van der Waals surface area (Å²) in [6.07, 6.45) is 0.934. The molecule has 2 N–H and O–H groups in total. The molecule has 118 valence electrons. The third-order valence-electron chi connectivity index (χ3n) is 3.16. The molecule has 1 aromatic carbocycles. The Labute approximate surface area is 138 Å². The molecule has 23 heavy (non-hydrogen) atoms. The van der Waals surface area contributed by atoms with E-state index in [1.807, 2.05) is 17.5 Å². The Morgan fingerprint density at radius 1 is 1.17 bits per heavy atom. The lowest BCUT2D eigenvalue weighted by molar-refractivity contribution is -0.121. The summed E-state index contributed by atoms with van der Waals surface area (Å²) < 4.78 is 0. The smallest absolute Gasteiger partial charge is 0.261 e. The number of thiophene rings is 1. The van der Waals surface area contributed by atoms with Gasteiger partial charge in [0.2, 0.25) is 5.91 Å². The molecule has 2 aromatic rings. The summed E-state index contributed by atoms with van der Waals surface area (Å²) in [7, 11) is 0. The average Bonchev–Trinajstić information content (AvgIpc) is 3.11. The normalized spacial score (nSPS) is 9.87. The molecule has 0 aliphatic heterocycles. The Morgan fingerprint density at radius 2 is 2.04 bits per heavy atom. The van der Waals surface area contributed by atoms with Gasteiger partial charge in [-0.15, -0.1) is 11.3 Å². The van der Waals surface area contributed by atoms with Crippen LogP contribution >= 0.6 is 11.3 Å². The highest BCUT2D eigenvalue weighted by Crippen LogP contribution is 2.07. The molecule has 0 atom stereocenters. The van der Waals surface area contributed by atoms with Crippen molar-refractivity contribution in [3.05, 3.63) is 57.8 Å². The van der Waals surface area contributed by atoms with E-state index in [0.29, 0.717) is 36.4 Å². The number of nitrogens with zero attached hydrogens (tertiary/aromatic N) is 1. The van der Waals surface area contributed by atoms with Crippen LogP contribution in [0.5, 0.6) is 0 Å². The van der Waals surface area contributed by atoms with Gasteiger partial charge in [-0.25, -0.2) is 0 Å². The second-order valence-corrected chi connectivity index (χ2v) is 5.87. The summed E-state index contributed by atoms with van der Waals surface area (Å²) in [5.41, 5.74) is 1.47. The summed E-state index contributed by atoms with van der Waals surface area (Å²) in [4.78, 5) is 24.1. The maximum absolute atomic E-state index is 11.8. The maximum atomic E-state index is 11.8. The van der Waals surface area contributed by atoms with Crippen molar-refractivity contribution in [2.75, 3.05) is 6.54 Å². The van der Waals surface area contributed by atoms with Gasteiger partial charge in [0.15, 0.2) is 0 Å². The largest absolute Gasteiger partial charge is 0.352 e. The van der Waals surface area contributed by atoms with E-state index >= 15 is 0 Å². The minimum Gasteiger partial charge on any atom is -0.352 e. The molecule has 2 amide bonds. The number of hydrogen-bond donors (Lipinski definition) is 2. The zero-order chi connectivity index (χ0) is 16.5. The minimum atomic E-state index is -0.103. The van der Waals surface area contributed by atoms with E-state index < -0.39 is 0 Å². The van der Waals surface area contributed by atoms with Gasteiger partial charge in [0, 0.05) is 19.5 Å². The molecule has 0 saturated heterocycles. The second-order valence-electron chi connectivity index (χ2n) is 4.93. The fourth-order valence-corrected chi connectivity index (χ4v) is 2.63. The molecule has 0 unspecified atom stereocenters. The highest BCUT2D eigenvalue weighted by Gasteiger charge is 2.06. The highest BCUT2D eigenvalue weighted by atomic mass is 32.1. The molecule has 0 radical (unpaired) electrons. The molecule has 1 aromatic heterocycles. The molecular formula is C17H17N3O2S. The van der Waals surface area contributed by atoms with Gasteiger partial charge in [-0.05, 0) is 35.6 Å². The van der Waals surface area contributed by atoms with Crippen LogP contribution in [0, 0.1) is 11.3 Å². The zero-order valence-corrected chi connectivity index (χ0v) is 13.4. The van der Waals surface area contributed by atoms with Crippen LogP contribution in [0.4, 0.5) is 0 Å². The number of carbonyl (C=O) groups excluding carboxylic acids is 2. The van der Waals surface area contributed by atoms with Crippen molar-refractivity contribution in [2.45, 2.75) is 19.4 Å². The number of amides is 2. The number of carbonyl (C=O) groups is 2. The van der Waals surface area contributed by atoms with Crippen LogP contribution in [0.2, 0.25) is 0 Å².